The Morgan fingerprint density at radius 2 is 2.16 bits per heavy atom. The van der Waals surface area contributed by atoms with Crippen molar-refractivity contribution in [2.75, 3.05) is 5.32 Å². The summed E-state index contributed by atoms with van der Waals surface area (Å²) >= 11 is 0. The summed E-state index contributed by atoms with van der Waals surface area (Å²) in [5.41, 5.74) is 3.98. The molecule has 1 heterocycles. The van der Waals surface area contributed by atoms with Crippen LogP contribution in [-0.2, 0) is 12.8 Å². The van der Waals surface area contributed by atoms with Crippen LogP contribution in [0.3, 0.4) is 0 Å². The zero-order valence-electron chi connectivity index (χ0n) is 11.3. The molecular weight excluding hydrogens is 234 g/mol. The maximum absolute atomic E-state index is 4.33. The molecule has 1 aliphatic rings. The third-order valence-corrected chi connectivity index (χ3v) is 3.78. The van der Waals surface area contributed by atoms with E-state index >= 15 is 0 Å². The minimum Gasteiger partial charge on any atom is -0.363 e. The lowest BCUT2D eigenvalue weighted by atomic mass is 9.88. The van der Waals surface area contributed by atoms with Crippen molar-refractivity contribution in [3.8, 4) is 0 Å². The van der Waals surface area contributed by atoms with Crippen molar-refractivity contribution >= 4 is 5.82 Å². The van der Waals surface area contributed by atoms with Crippen LogP contribution in [0.4, 0.5) is 5.82 Å². The predicted molar refractivity (Wildman–Crippen MR) is 77.2 cm³/mol. The molecule has 1 aromatic heterocycles. The van der Waals surface area contributed by atoms with Gasteiger partial charge in [0.15, 0.2) is 0 Å². The molecule has 0 fully saturated rings. The van der Waals surface area contributed by atoms with Crippen LogP contribution in [0.1, 0.15) is 42.6 Å². The van der Waals surface area contributed by atoms with E-state index in [4.69, 9.17) is 0 Å². The average molecular weight is 253 g/mol. The van der Waals surface area contributed by atoms with Gasteiger partial charge in [-0.2, -0.15) is 0 Å². The molecule has 1 aliphatic carbocycles. The Bertz CT molecular complexity index is 565. The monoisotopic (exact) mass is 253 g/mol. The molecule has 1 unspecified atom stereocenters. The highest BCUT2D eigenvalue weighted by Gasteiger charge is 2.19. The second-order valence-corrected chi connectivity index (χ2v) is 5.04. The molecule has 19 heavy (non-hydrogen) atoms. The van der Waals surface area contributed by atoms with Gasteiger partial charge in [-0.3, -0.25) is 0 Å². The first kappa shape index (κ1) is 12.2. The number of hydrogen-bond donors (Lipinski definition) is 1. The molecule has 1 N–H and O–H groups in total. The van der Waals surface area contributed by atoms with E-state index in [2.05, 4.69) is 52.5 Å². The second kappa shape index (κ2) is 5.39. The fourth-order valence-corrected chi connectivity index (χ4v) is 2.75. The molecule has 0 spiro atoms. The van der Waals surface area contributed by atoms with Crippen molar-refractivity contribution in [1.29, 1.82) is 0 Å². The van der Waals surface area contributed by atoms with Gasteiger partial charge in [-0.05, 0) is 36.8 Å². The van der Waals surface area contributed by atoms with E-state index < -0.39 is 0 Å². The Morgan fingerprint density at radius 1 is 1.26 bits per heavy atom. The first-order chi connectivity index (χ1) is 9.36. The predicted octanol–water partition coefficient (Wildman–Crippen LogP) is 3.53. The van der Waals surface area contributed by atoms with Crippen LogP contribution in [0, 0.1) is 0 Å². The summed E-state index contributed by atoms with van der Waals surface area (Å²) in [5, 5.41) is 3.56. The first-order valence-corrected chi connectivity index (χ1v) is 7.02. The zero-order valence-corrected chi connectivity index (χ0v) is 11.3. The van der Waals surface area contributed by atoms with Crippen molar-refractivity contribution in [3.63, 3.8) is 0 Å². The SMILES string of the molecule is CCc1cc(NC2CCCc3ccccc32)ncn1. The van der Waals surface area contributed by atoms with Gasteiger partial charge in [0.25, 0.3) is 0 Å². The number of anilines is 1. The lowest BCUT2D eigenvalue weighted by molar-refractivity contribution is 0.598. The maximum Gasteiger partial charge on any atom is 0.130 e. The Kier molecular flexibility index (Phi) is 3.45. The topological polar surface area (TPSA) is 37.8 Å². The van der Waals surface area contributed by atoms with Crippen LogP contribution in [0.15, 0.2) is 36.7 Å². The van der Waals surface area contributed by atoms with Crippen molar-refractivity contribution in [2.24, 2.45) is 0 Å². The Hall–Kier alpha value is -1.90. The molecular formula is C16H19N3. The van der Waals surface area contributed by atoms with Crippen molar-refractivity contribution in [1.82, 2.24) is 9.97 Å². The fraction of sp³-hybridized carbons (Fsp3) is 0.375. The summed E-state index contributed by atoms with van der Waals surface area (Å²) in [6.45, 7) is 2.11. The molecule has 3 rings (SSSR count). The van der Waals surface area contributed by atoms with Gasteiger partial charge in [0.2, 0.25) is 0 Å². The third-order valence-electron chi connectivity index (χ3n) is 3.78. The normalized spacial score (nSPS) is 17.8. The van der Waals surface area contributed by atoms with E-state index in [0.717, 1.165) is 17.9 Å². The highest BCUT2D eigenvalue weighted by molar-refractivity contribution is 5.42. The summed E-state index contributed by atoms with van der Waals surface area (Å²) in [7, 11) is 0. The van der Waals surface area contributed by atoms with Crippen LogP contribution in [0.5, 0.6) is 0 Å². The summed E-state index contributed by atoms with van der Waals surface area (Å²) in [4.78, 5) is 8.58. The lowest BCUT2D eigenvalue weighted by Crippen LogP contribution is -2.18. The van der Waals surface area contributed by atoms with Crippen LogP contribution in [0.2, 0.25) is 0 Å². The Balaban J connectivity index is 1.84. The van der Waals surface area contributed by atoms with Gasteiger partial charge in [0.1, 0.15) is 12.1 Å². The average Bonchev–Trinajstić information content (AvgIpc) is 2.48. The molecule has 2 aromatic rings. The molecule has 0 bridgehead atoms. The summed E-state index contributed by atoms with van der Waals surface area (Å²) < 4.78 is 0. The minimum absolute atomic E-state index is 0.379. The molecule has 98 valence electrons. The van der Waals surface area contributed by atoms with Crippen molar-refractivity contribution in [3.05, 3.63) is 53.5 Å². The molecule has 0 amide bonds. The largest absolute Gasteiger partial charge is 0.363 e. The van der Waals surface area contributed by atoms with Crippen LogP contribution < -0.4 is 5.32 Å². The van der Waals surface area contributed by atoms with E-state index in [1.54, 1.807) is 6.33 Å². The maximum atomic E-state index is 4.33. The van der Waals surface area contributed by atoms with Crippen molar-refractivity contribution in [2.45, 2.75) is 38.6 Å². The van der Waals surface area contributed by atoms with Crippen LogP contribution in [-0.4, -0.2) is 9.97 Å². The highest BCUT2D eigenvalue weighted by atomic mass is 15.0. The van der Waals surface area contributed by atoms with Gasteiger partial charge < -0.3 is 5.32 Å². The number of hydrogen-bond acceptors (Lipinski definition) is 3. The second-order valence-electron chi connectivity index (χ2n) is 5.04. The lowest BCUT2D eigenvalue weighted by Gasteiger charge is -2.26. The Morgan fingerprint density at radius 3 is 3.05 bits per heavy atom. The number of rotatable bonds is 3. The molecule has 0 radical (unpaired) electrons. The molecule has 0 saturated carbocycles. The number of fused-ring (bicyclic) bond motifs is 1. The summed E-state index contributed by atoms with van der Waals surface area (Å²) in [5.74, 6) is 0.938. The number of nitrogens with zero attached hydrogens (tertiary/aromatic N) is 2. The summed E-state index contributed by atoms with van der Waals surface area (Å²) in [6.07, 6.45) is 6.19. The van der Waals surface area contributed by atoms with E-state index in [1.165, 1.54) is 30.4 Å². The molecule has 0 aliphatic heterocycles. The van der Waals surface area contributed by atoms with Gasteiger partial charge in [0, 0.05) is 11.8 Å². The molecule has 0 saturated heterocycles. The Labute approximate surface area is 114 Å². The highest BCUT2D eigenvalue weighted by Crippen LogP contribution is 2.31. The number of nitrogens with one attached hydrogen (secondary N) is 1. The molecule has 1 atom stereocenters. The van der Waals surface area contributed by atoms with Crippen LogP contribution in [0.25, 0.3) is 0 Å². The zero-order chi connectivity index (χ0) is 13.1. The van der Waals surface area contributed by atoms with Crippen molar-refractivity contribution < 1.29 is 0 Å². The number of aryl methyl sites for hydroxylation is 2. The van der Waals surface area contributed by atoms with E-state index in [1.807, 2.05) is 0 Å². The van der Waals surface area contributed by atoms with Gasteiger partial charge in [0.05, 0.1) is 6.04 Å². The smallest absolute Gasteiger partial charge is 0.130 e. The van der Waals surface area contributed by atoms with Crippen LogP contribution >= 0.6 is 0 Å². The number of benzene rings is 1. The quantitative estimate of drug-likeness (QED) is 0.909. The van der Waals surface area contributed by atoms with E-state index in [9.17, 15) is 0 Å². The molecule has 1 aromatic carbocycles. The number of aromatic nitrogens is 2. The first-order valence-electron chi connectivity index (χ1n) is 7.02. The van der Waals surface area contributed by atoms with Gasteiger partial charge in [-0.25, -0.2) is 9.97 Å². The van der Waals surface area contributed by atoms with E-state index in [0.29, 0.717) is 6.04 Å². The van der Waals surface area contributed by atoms with Gasteiger partial charge in [-0.15, -0.1) is 0 Å². The molecule has 3 nitrogen and oxygen atoms in total. The summed E-state index contributed by atoms with van der Waals surface area (Å²) in [6, 6.07) is 11.1. The van der Waals surface area contributed by atoms with E-state index in [-0.39, 0.29) is 0 Å². The fourth-order valence-electron chi connectivity index (χ4n) is 2.75. The standard InChI is InChI=1S/C16H19N3/c1-2-13-10-16(18-11-17-13)19-15-9-5-7-12-6-3-4-8-14(12)15/h3-4,6,8,10-11,15H,2,5,7,9H2,1H3,(H,17,18,19). The van der Waals surface area contributed by atoms with Gasteiger partial charge in [-0.1, -0.05) is 31.2 Å². The molecule has 3 heteroatoms. The minimum atomic E-state index is 0.379. The van der Waals surface area contributed by atoms with Gasteiger partial charge >= 0.3 is 0 Å². The third kappa shape index (κ3) is 2.60.